The smallest absolute Gasteiger partial charge is 0.124 e. The molecule has 0 amide bonds. The van der Waals surface area contributed by atoms with E-state index in [9.17, 15) is 10.2 Å². The van der Waals surface area contributed by atoms with Crippen molar-refractivity contribution in [2.75, 3.05) is 0 Å². The number of benzene rings is 6. The molecular formula is C35H26N2O2. The number of hydrogen-bond donors (Lipinski definition) is 2. The van der Waals surface area contributed by atoms with Crippen LogP contribution in [0.5, 0.6) is 11.5 Å². The number of hydrogen-bond acceptors (Lipinski definition) is 4. The summed E-state index contributed by atoms with van der Waals surface area (Å²) in [7, 11) is 0. The van der Waals surface area contributed by atoms with Crippen molar-refractivity contribution < 1.29 is 10.2 Å². The first-order valence-corrected chi connectivity index (χ1v) is 12.8. The zero-order valence-electron chi connectivity index (χ0n) is 21.2. The van der Waals surface area contributed by atoms with Crippen molar-refractivity contribution in [3.63, 3.8) is 0 Å². The summed E-state index contributed by atoms with van der Waals surface area (Å²) in [6.45, 7) is 0. The van der Waals surface area contributed by atoms with Crippen LogP contribution in [0.3, 0.4) is 0 Å². The largest absolute Gasteiger partial charge is 0.507 e. The van der Waals surface area contributed by atoms with Crippen LogP contribution < -0.4 is 0 Å². The molecule has 0 bridgehead atoms. The lowest BCUT2D eigenvalue weighted by Gasteiger charge is -2.07. The van der Waals surface area contributed by atoms with Crippen LogP contribution in [0.4, 0.5) is 11.4 Å². The van der Waals surface area contributed by atoms with Gasteiger partial charge in [0.2, 0.25) is 0 Å². The fourth-order valence-electron chi connectivity index (χ4n) is 4.67. The van der Waals surface area contributed by atoms with Gasteiger partial charge in [0.15, 0.2) is 0 Å². The van der Waals surface area contributed by atoms with Gasteiger partial charge in [-0.05, 0) is 87.6 Å². The van der Waals surface area contributed by atoms with Crippen molar-refractivity contribution in [3.05, 3.63) is 144 Å². The summed E-state index contributed by atoms with van der Waals surface area (Å²) >= 11 is 0. The second-order valence-corrected chi connectivity index (χ2v) is 9.54. The van der Waals surface area contributed by atoms with Crippen molar-refractivity contribution in [3.8, 4) is 11.5 Å². The van der Waals surface area contributed by atoms with Crippen molar-refractivity contribution in [1.82, 2.24) is 0 Å². The topological polar surface area (TPSA) is 65.2 Å². The minimum atomic E-state index is 0.178. The number of phenols is 2. The van der Waals surface area contributed by atoms with Gasteiger partial charge in [-0.25, -0.2) is 0 Å². The Morgan fingerprint density at radius 3 is 1.36 bits per heavy atom. The molecule has 0 spiro atoms. The molecule has 0 unspecified atom stereocenters. The maximum Gasteiger partial charge on any atom is 0.124 e. The van der Waals surface area contributed by atoms with Gasteiger partial charge < -0.3 is 10.2 Å². The summed E-state index contributed by atoms with van der Waals surface area (Å²) in [6.07, 6.45) is 4.02. The lowest BCUT2D eigenvalue weighted by molar-refractivity contribution is 0.474. The van der Waals surface area contributed by atoms with Gasteiger partial charge in [0.05, 0.1) is 11.4 Å². The molecule has 0 aliphatic carbocycles. The van der Waals surface area contributed by atoms with Gasteiger partial charge in [0, 0.05) is 23.6 Å². The Morgan fingerprint density at radius 1 is 0.462 bits per heavy atom. The molecule has 6 rings (SSSR count). The third kappa shape index (κ3) is 5.55. The lowest BCUT2D eigenvalue weighted by atomic mass is 10.0. The predicted molar refractivity (Wildman–Crippen MR) is 161 cm³/mol. The Bertz CT molecular complexity index is 1730. The van der Waals surface area contributed by atoms with E-state index in [4.69, 9.17) is 0 Å². The molecule has 4 heteroatoms. The molecule has 39 heavy (non-hydrogen) atoms. The number of rotatable bonds is 6. The minimum absolute atomic E-state index is 0.178. The molecule has 0 aliphatic rings. The van der Waals surface area contributed by atoms with E-state index in [1.807, 2.05) is 84.9 Å². The number of nitrogens with zero attached hydrogens (tertiary/aromatic N) is 2. The van der Waals surface area contributed by atoms with Crippen molar-refractivity contribution in [1.29, 1.82) is 0 Å². The van der Waals surface area contributed by atoms with Gasteiger partial charge in [-0.2, -0.15) is 0 Å². The number of aliphatic imine (C=N–C) groups is 2. The van der Waals surface area contributed by atoms with Gasteiger partial charge in [0.1, 0.15) is 11.5 Å². The monoisotopic (exact) mass is 506 g/mol. The second-order valence-electron chi connectivity index (χ2n) is 9.54. The van der Waals surface area contributed by atoms with Crippen molar-refractivity contribution >= 4 is 45.3 Å². The molecule has 6 aromatic rings. The van der Waals surface area contributed by atoms with Crippen LogP contribution in [0.1, 0.15) is 22.3 Å². The highest BCUT2D eigenvalue weighted by molar-refractivity contribution is 5.90. The van der Waals surface area contributed by atoms with E-state index >= 15 is 0 Å². The summed E-state index contributed by atoms with van der Waals surface area (Å²) in [4.78, 5) is 9.20. The lowest BCUT2D eigenvalue weighted by Crippen LogP contribution is -1.93. The molecule has 0 saturated carbocycles. The highest BCUT2D eigenvalue weighted by Gasteiger charge is 2.06. The van der Waals surface area contributed by atoms with E-state index in [0.29, 0.717) is 17.5 Å². The molecular weight excluding hydrogens is 480 g/mol. The van der Waals surface area contributed by atoms with Crippen LogP contribution in [-0.2, 0) is 6.42 Å². The standard InChI is InChI=1S/C35H26N2O2/c38-34-15-9-24(18-30(34)22-36-32-13-11-26-5-1-3-7-28(26)20-32)17-25-10-16-35(39)31(19-25)23-37-33-14-12-27-6-2-4-8-29(27)21-33/h1-16,18-23,38-39H,17H2. The Kier molecular flexibility index (Phi) is 6.59. The summed E-state index contributed by atoms with van der Waals surface area (Å²) in [5.74, 6) is 0.356. The van der Waals surface area contributed by atoms with Crippen LogP contribution in [-0.4, -0.2) is 22.6 Å². The predicted octanol–water partition coefficient (Wildman–Crippen LogP) is 8.50. The Labute approximate surface area is 226 Å². The first-order valence-electron chi connectivity index (χ1n) is 12.8. The minimum Gasteiger partial charge on any atom is -0.507 e. The summed E-state index contributed by atoms with van der Waals surface area (Å²) < 4.78 is 0. The molecule has 0 fully saturated rings. The van der Waals surface area contributed by atoms with Crippen LogP contribution in [0, 0.1) is 0 Å². The Balaban J connectivity index is 1.21. The van der Waals surface area contributed by atoms with Crippen LogP contribution in [0.15, 0.2) is 131 Å². The van der Waals surface area contributed by atoms with Crippen molar-refractivity contribution in [2.24, 2.45) is 9.98 Å². The molecule has 2 N–H and O–H groups in total. The maximum absolute atomic E-state index is 10.4. The fourth-order valence-corrected chi connectivity index (χ4v) is 4.67. The van der Waals surface area contributed by atoms with Gasteiger partial charge in [-0.1, -0.05) is 72.8 Å². The van der Waals surface area contributed by atoms with Crippen LogP contribution >= 0.6 is 0 Å². The summed E-state index contributed by atoms with van der Waals surface area (Å²) in [6, 6.07) is 39.5. The van der Waals surface area contributed by atoms with Gasteiger partial charge in [0.25, 0.3) is 0 Å². The van der Waals surface area contributed by atoms with E-state index in [1.54, 1.807) is 24.6 Å². The summed E-state index contributed by atoms with van der Waals surface area (Å²) in [5, 5.41) is 25.4. The number of aromatic hydroxyl groups is 2. The molecule has 6 aromatic carbocycles. The number of fused-ring (bicyclic) bond motifs is 2. The van der Waals surface area contributed by atoms with Crippen molar-refractivity contribution in [2.45, 2.75) is 6.42 Å². The zero-order chi connectivity index (χ0) is 26.6. The van der Waals surface area contributed by atoms with E-state index in [-0.39, 0.29) is 11.5 Å². The first-order chi connectivity index (χ1) is 19.1. The third-order valence-electron chi connectivity index (χ3n) is 6.76. The van der Waals surface area contributed by atoms with Gasteiger partial charge in [-0.15, -0.1) is 0 Å². The first kappa shape index (κ1) is 24.1. The SMILES string of the molecule is Oc1ccc(Cc2ccc(O)c(C=Nc3ccc4ccccc4c3)c2)cc1C=Nc1ccc2ccccc2c1. The molecule has 0 saturated heterocycles. The van der Waals surface area contributed by atoms with E-state index < -0.39 is 0 Å². The van der Waals surface area contributed by atoms with Crippen LogP contribution in [0.25, 0.3) is 21.5 Å². The molecule has 0 radical (unpaired) electrons. The van der Waals surface area contributed by atoms with E-state index in [1.165, 1.54) is 0 Å². The van der Waals surface area contributed by atoms with E-state index in [0.717, 1.165) is 44.0 Å². The summed E-state index contributed by atoms with van der Waals surface area (Å²) in [5.41, 5.74) is 5.00. The normalized spacial score (nSPS) is 11.7. The average molecular weight is 507 g/mol. The Morgan fingerprint density at radius 2 is 0.897 bits per heavy atom. The van der Waals surface area contributed by atoms with Gasteiger partial charge in [-0.3, -0.25) is 9.98 Å². The number of phenolic OH excluding ortho intramolecular Hbond substituents is 2. The molecule has 0 heterocycles. The maximum atomic E-state index is 10.4. The van der Waals surface area contributed by atoms with E-state index in [2.05, 4.69) is 34.3 Å². The fraction of sp³-hybridized carbons (Fsp3) is 0.0286. The third-order valence-corrected chi connectivity index (χ3v) is 6.76. The Hall–Kier alpha value is -5.22. The second kappa shape index (κ2) is 10.6. The zero-order valence-corrected chi connectivity index (χ0v) is 21.2. The van der Waals surface area contributed by atoms with Gasteiger partial charge >= 0.3 is 0 Å². The molecule has 0 atom stereocenters. The van der Waals surface area contributed by atoms with Crippen LogP contribution in [0.2, 0.25) is 0 Å². The highest BCUT2D eigenvalue weighted by atomic mass is 16.3. The average Bonchev–Trinajstić information content (AvgIpc) is 2.97. The molecule has 0 aromatic heterocycles. The highest BCUT2D eigenvalue weighted by Crippen LogP contribution is 2.26. The molecule has 188 valence electrons. The quantitative estimate of drug-likeness (QED) is 0.222. The molecule has 0 aliphatic heterocycles. The molecule has 4 nitrogen and oxygen atoms in total.